The molecule has 0 spiro atoms. The van der Waals surface area contributed by atoms with Gasteiger partial charge in [-0.2, -0.15) is 0 Å². The molecule has 0 saturated carbocycles. The summed E-state index contributed by atoms with van der Waals surface area (Å²) in [7, 11) is 0. The van der Waals surface area contributed by atoms with Crippen molar-refractivity contribution >= 4 is 40.0 Å². The molecule has 0 radical (unpaired) electrons. The summed E-state index contributed by atoms with van der Waals surface area (Å²) in [6.45, 7) is 4.26. The van der Waals surface area contributed by atoms with E-state index in [0.717, 1.165) is 16.3 Å². The lowest BCUT2D eigenvalue weighted by molar-refractivity contribution is 0.101. The first-order chi connectivity index (χ1) is 13.5. The zero-order valence-electron chi connectivity index (χ0n) is 15.3. The first-order valence-corrected chi connectivity index (χ1v) is 9.46. The third-order valence-electron chi connectivity index (χ3n) is 4.19. The van der Waals surface area contributed by atoms with Crippen molar-refractivity contribution in [1.82, 2.24) is 15.0 Å². The fourth-order valence-corrected chi connectivity index (χ4v) is 3.85. The van der Waals surface area contributed by atoms with Gasteiger partial charge in [0.05, 0.1) is 22.8 Å². The number of aromatic nitrogens is 3. The Hall–Kier alpha value is -3.33. The molecule has 0 bridgehead atoms. The van der Waals surface area contributed by atoms with E-state index in [2.05, 4.69) is 20.3 Å². The average Bonchev–Trinajstić information content (AvgIpc) is 3.27. The maximum absolute atomic E-state index is 11.8. The van der Waals surface area contributed by atoms with Gasteiger partial charge in [-0.1, -0.05) is 23.5 Å². The fourth-order valence-electron chi connectivity index (χ4n) is 2.79. The van der Waals surface area contributed by atoms with Crippen LogP contribution in [0.3, 0.4) is 0 Å². The zero-order chi connectivity index (χ0) is 19.7. The smallest absolute Gasteiger partial charge is 0.416 e. The number of hydrogen-bond donors (Lipinski definition) is 1. The predicted octanol–water partition coefficient (Wildman–Crippen LogP) is 3.81. The second-order valence-electron chi connectivity index (χ2n) is 6.20. The molecule has 9 heteroatoms. The van der Waals surface area contributed by atoms with Crippen LogP contribution in [0.4, 0.5) is 21.6 Å². The number of amides is 1. The van der Waals surface area contributed by atoms with Crippen LogP contribution in [-0.2, 0) is 4.74 Å². The molecule has 28 heavy (non-hydrogen) atoms. The average molecular weight is 395 g/mol. The Kier molecular flexibility index (Phi) is 4.74. The third-order valence-corrected chi connectivity index (χ3v) is 5.39. The van der Waals surface area contributed by atoms with Crippen molar-refractivity contribution in [3.05, 3.63) is 47.8 Å². The Morgan fingerprint density at radius 2 is 2.14 bits per heavy atom. The third kappa shape index (κ3) is 3.56. The minimum absolute atomic E-state index is 0.00780. The van der Waals surface area contributed by atoms with Crippen molar-refractivity contribution in [3.63, 3.8) is 0 Å². The molecule has 1 aliphatic heterocycles. The number of thiazole rings is 1. The van der Waals surface area contributed by atoms with E-state index in [1.165, 1.54) is 23.2 Å². The van der Waals surface area contributed by atoms with Crippen LogP contribution in [0.25, 0.3) is 10.6 Å². The number of nitrogens with zero attached hydrogens (tertiary/aromatic N) is 4. The van der Waals surface area contributed by atoms with Gasteiger partial charge in [-0.05, 0) is 32.0 Å². The van der Waals surface area contributed by atoms with Gasteiger partial charge < -0.3 is 10.1 Å². The molecule has 1 aromatic carbocycles. The number of carbonyl (C=O) groups excluding carboxylic acids is 2. The van der Waals surface area contributed by atoms with Crippen molar-refractivity contribution in [3.8, 4) is 10.6 Å². The zero-order valence-corrected chi connectivity index (χ0v) is 16.1. The molecule has 0 aliphatic carbocycles. The van der Waals surface area contributed by atoms with Crippen LogP contribution in [-0.4, -0.2) is 40.0 Å². The Balaban J connectivity index is 1.61. The quantitative estimate of drug-likeness (QED) is 0.656. The number of aryl methyl sites for hydroxylation is 1. The first-order valence-electron chi connectivity index (χ1n) is 8.64. The Bertz CT molecular complexity index is 1070. The van der Waals surface area contributed by atoms with Gasteiger partial charge in [0.1, 0.15) is 6.61 Å². The summed E-state index contributed by atoms with van der Waals surface area (Å²) in [5.41, 5.74) is 2.82. The molecule has 4 rings (SSSR count). The van der Waals surface area contributed by atoms with Crippen molar-refractivity contribution in [1.29, 1.82) is 0 Å². The number of rotatable bonds is 5. The summed E-state index contributed by atoms with van der Waals surface area (Å²) in [5.74, 6) is 0.403. The summed E-state index contributed by atoms with van der Waals surface area (Å²) in [4.78, 5) is 39.0. The molecule has 3 aromatic rings. The molecule has 1 saturated heterocycles. The van der Waals surface area contributed by atoms with Crippen LogP contribution < -0.4 is 10.2 Å². The van der Waals surface area contributed by atoms with Crippen LogP contribution in [0, 0.1) is 6.92 Å². The lowest BCUT2D eigenvalue weighted by Crippen LogP contribution is -2.22. The van der Waals surface area contributed by atoms with E-state index >= 15 is 0 Å². The van der Waals surface area contributed by atoms with Gasteiger partial charge in [0.25, 0.3) is 0 Å². The van der Waals surface area contributed by atoms with Crippen LogP contribution >= 0.6 is 11.3 Å². The van der Waals surface area contributed by atoms with Crippen LogP contribution in [0.15, 0.2) is 36.5 Å². The molecule has 1 fully saturated rings. The molecule has 0 unspecified atom stereocenters. The van der Waals surface area contributed by atoms with Crippen LogP contribution in [0.2, 0.25) is 0 Å². The Morgan fingerprint density at radius 3 is 2.89 bits per heavy atom. The monoisotopic (exact) mass is 395 g/mol. The number of Topliss-reactive ketones (excluding diaryl/α,β-unsaturated/α-hetero) is 1. The molecule has 142 valence electrons. The van der Waals surface area contributed by atoms with E-state index in [-0.39, 0.29) is 11.9 Å². The number of ether oxygens (including phenoxy) is 1. The summed E-state index contributed by atoms with van der Waals surface area (Å²) in [6, 6.07) is 8.96. The molecular weight excluding hydrogens is 378 g/mol. The lowest BCUT2D eigenvalue weighted by Gasteiger charge is -2.07. The molecule has 2 aromatic heterocycles. The number of hydrogen-bond acceptors (Lipinski definition) is 8. The molecule has 1 aliphatic rings. The normalized spacial score (nSPS) is 13.5. The van der Waals surface area contributed by atoms with Gasteiger partial charge in [-0.15, -0.1) is 0 Å². The van der Waals surface area contributed by atoms with Gasteiger partial charge in [0, 0.05) is 17.4 Å². The van der Waals surface area contributed by atoms with Crippen molar-refractivity contribution in [2.75, 3.05) is 23.4 Å². The van der Waals surface area contributed by atoms with Crippen molar-refractivity contribution in [2.24, 2.45) is 0 Å². The molecule has 1 amide bonds. The summed E-state index contributed by atoms with van der Waals surface area (Å²) < 4.78 is 4.98. The molecule has 0 atom stereocenters. The summed E-state index contributed by atoms with van der Waals surface area (Å²) in [6.07, 6.45) is 1.28. The standard InChI is InChI=1S/C19H17N5O3S/c1-11-16(28-18(21-11)24-8-9-27-19(24)26)15-6-7-20-17(23-15)22-14-5-3-4-13(10-14)12(2)25/h3-7,10H,8-9H2,1-2H3,(H,20,22,23). The number of anilines is 3. The van der Waals surface area contributed by atoms with E-state index in [1.807, 2.05) is 13.0 Å². The minimum atomic E-state index is -0.379. The molecule has 3 heterocycles. The highest BCUT2D eigenvalue weighted by atomic mass is 32.1. The topological polar surface area (TPSA) is 97.3 Å². The van der Waals surface area contributed by atoms with Crippen LogP contribution in [0.5, 0.6) is 0 Å². The van der Waals surface area contributed by atoms with Gasteiger partial charge >= 0.3 is 6.09 Å². The highest BCUT2D eigenvalue weighted by Crippen LogP contribution is 2.35. The maximum atomic E-state index is 11.8. The first kappa shape index (κ1) is 18.1. The second kappa shape index (κ2) is 7.35. The number of cyclic esters (lactones) is 1. The fraction of sp³-hybridized carbons (Fsp3) is 0.211. The highest BCUT2D eigenvalue weighted by molar-refractivity contribution is 7.19. The van der Waals surface area contributed by atoms with E-state index in [4.69, 9.17) is 4.74 Å². The largest absolute Gasteiger partial charge is 0.447 e. The lowest BCUT2D eigenvalue weighted by atomic mass is 10.1. The number of benzene rings is 1. The van der Waals surface area contributed by atoms with E-state index in [1.54, 1.807) is 30.5 Å². The minimum Gasteiger partial charge on any atom is -0.447 e. The molecule has 1 N–H and O–H groups in total. The molecular formula is C19H17N5O3S. The van der Waals surface area contributed by atoms with Gasteiger partial charge in [0.2, 0.25) is 5.95 Å². The van der Waals surface area contributed by atoms with Gasteiger partial charge in [0.15, 0.2) is 10.9 Å². The van der Waals surface area contributed by atoms with Crippen LogP contribution in [0.1, 0.15) is 23.0 Å². The SMILES string of the molecule is CC(=O)c1cccc(Nc2nccc(-c3sc(N4CCOC4=O)nc3C)n2)c1. The maximum Gasteiger partial charge on any atom is 0.416 e. The van der Waals surface area contributed by atoms with E-state index < -0.39 is 0 Å². The van der Waals surface area contributed by atoms with Crippen molar-refractivity contribution in [2.45, 2.75) is 13.8 Å². The van der Waals surface area contributed by atoms with E-state index in [9.17, 15) is 9.59 Å². The Labute approximate surface area is 165 Å². The van der Waals surface area contributed by atoms with E-state index in [0.29, 0.717) is 35.5 Å². The predicted molar refractivity (Wildman–Crippen MR) is 106 cm³/mol. The van der Waals surface area contributed by atoms with Gasteiger partial charge in [-0.3, -0.25) is 4.79 Å². The molecule has 8 nitrogen and oxygen atoms in total. The van der Waals surface area contributed by atoms with Gasteiger partial charge in [-0.25, -0.2) is 24.6 Å². The number of ketones is 1. The second-order valence-corrected chi connectivity index (χ2v) is 7.18. The summed E-state index contributed by atoms with van der Waals surface area (Å²) >= 11 is 1.39. The van der Waals surface area contributed by atoms with Crippen molar-refractivity contribution < 1.29 is 14.3 Å². The number of carbonyl (C=O) groups is 2. The number of nitrogens with one attached hydrogen (secondary N) is 1. The Morgan fingerprint density at radius 1 is 1.29 bits per heavy atom. The summed E-state index contributed by atoms with van der Waals surface area (Å²) in [5, 5.41) is 3.72. The highest BCUT2D eigenvalue weighted by Gasteiger charge is 2.27.